The van der Waals surface area contributed by atoms with E-state index >= 15 is 0 Å². The van der Waals surface area contributed by atoms with Gasteiger partial charge in [-0.2, -0.15) is 0 Å². The van der Waals surface area contributed by atoms with E-state index in [0.717, 1.165) is 74.8 Å². The van der Waals surface area contributed by atoms with Crippen LogP contribution in [0.5, 0.6) is 0 Å². The summed E-state index contributed by atoms with van der Waals surface area (Å²) in [6.45, 7) is 5.50. The van der Waals surface area contributed by atoms with Gasteiger partial charge in [-0.3, -0.25) is 9.36 Å². The van der Waals surface area contributed by atoms with Crippen molar-refractivity contribution in [2.75, 3.05) is 27.2 Å². The minimum atomic E-state index is -0.0813. The van der Waals surface area contributed by atoms with Gasteiger partial charge in [-0.1, -0.05) is 24.3 Å². The lowest BCUT2D eigenvalue weighted by molar-refractivity contribution is 0.0952. The van der Waals surface area contributed by atoms with Crippen LogP contribution in [0.3, 0.4) is 0 Å². The summed E-state index contributed by atoms with van der Waals surface area (Å²) >= 11 is 0. The van der Waals surface area contributed by atoms with Gasteiger partial charge in [0.15, 0.2) is 0 Å². The molecule has 2 N–H and O–H groups in total. The van der Waals surface area contributed by atoms with Crippen LogP contribution in [0.15, 0.2) is 79.0 Å². The molecule has 0 spiro atoms. The molecule has 6 rings (SSSR count). The molecule has 0 aliphatic rings. The van der Waals surface area contributed by atoms with E-state index in [2.05, 4.69) is 68.7 Å². The maximum absolute atomic E-state index is 12.7. The van der Waals surface area contributed by atoms with Crippen molar-refractivity contribution in [1.29, 1.82) is 0 Å². The molecule has 0 bridgehead atoms. The van der Waals surface area contributed by atoms with Crippen molar-refractivity contribution in [3.63, 3.8) is 0 Å². The molecular formula is C33H33N7O. The molecule has 1 amide bonds. The molecule has 3 aromatic carbocycles. The van der Waals surface area contributed by atoms with Crippen LogP contribution in [-0.2, 0) is 0 Å². The zero-order valence-corrected chi connectivity index (χ0v) is 23.8. The van der Waals surface area contributed by atoms with Gasteiger partial charge in [0.2, 0.25) is 0 Å². The van der Waals surface area contributed by atoms with E-state index in [1.165, 1.54) is 0 Å². The van der Waals surface area contributed by atoms with E-state index in [1.807, 2.05) is 63.0 Å². The van der Waals surface area contributed by atoms with Gasteiger partial charge in [0, 0.05) is 23.9 Å². The molecule has 206 valence electrons. The Kier molecular flexibility index (Phi) is 7.07. The third-order valence-electron chi connectivity index (χ3n) is 7.26. The number of nitrogens with one attached hydrogen (secondary N) is 2. The number of aryl methyl sites for hydroxylation is 2. The molecule has 0 saturated heterocycles. The molecule has 41 heavy (non-hydrogen) atoms. The van der Waals surface area contributed by atoms with E-state index in [4.69, 9.17) is 9.97 Å². The lowest BCUT2D eigenvalue weighted by Gasteiger charge is -2.10. The van der Waals surface area contributed by atoms with Crippen LogP contribution >= 0.6 is 0 Å². The monoisotopic (exact) mass is 543 g/mol. The van der Waals surface area contributed by atoms with Crippen LogP contribution < -0.4 is 5.32 Å². The predicted molar refractivity (Wildman–Crippen MR) is 164 cm³/mol. The Morgan fingerprint density at radius 3 is 2.44 bits per heavy atom. The number of hydrogen-bond acceptors (Lipinski definition) is 5. The molecule has 6 aromatic rings. The van der Waals surface area contributed by atoms with Crippen molar-refractivity contribution in [2.24, 2.45) is 0 Å². The Hall–Kier alpha value is -4.82. The molecule has 0 atom stereocenters. The summed E-state index contributed by atoms with van der Waals surface area (Å²) in [5.41, 5.74) is 8.69. The molecule has 0 aliphatic heterocycles. The van der Waals surface area contributed by atoms with Crippen LogP contribution in [0.4, 0.5) is 0 Å². The zero-order chi connectivity index (χ0) is 28.5. The van der Waals surface area contributed by atoms with E-state index in [9.17, 15) is 4.79 Å². The smallest absolute Gasteiger partial charge is 0.251 e. The summed E-state index contributed by atoms with van der Waals surface area (Å²) in [7, 11) is 4.05. The first-order chi connectivity index (χ1) is 19.9. The first-order valence-electron chi connectivity index (χ1n) is 13.8. The van der Waals surface area contributed by atoms with Crippen molar-refractivity contribution in [2.45, 2.75) is 20.3 Å². The average molecular weight is 544 g/mol. The zero-order valence-electron chi connectivity index (χ0n) is 23.8. The molecule has 0 aliphatic carbocycles. The van der Waals surface area contributed by atoms with Crippen molar-refractivity contribution < 1.29 is 4.79 Å². The van der Waals surface area contributed by atoms with Gasteiger partial charge in [-0.25, -0.2) is 15.0 Å². The standard InChI is InChI=1S/C33H33N7O/c1-21-36-28-12-9-25(18-29(28)37-21)23-7-5-8-24(17-23)27-11-14-32(35-20-27)40-22(2)38-30-19-26(10-13-31(30)40)33(41)34-15-6-16-39(3)4/h5,7-14,17-20H,6,15-16H2,1-4H3,(H,34,41)(H,36,37). The van der Waals surface area contributed by atoms with Gasteiger partial charge < -0.3 is 15.2 Å². The average Bonchev–Trinajstić information content (AvgIpc) is 3.52. The number of carbonyl (C=O) groups is 1. The second-order valence-corrected chi connectivity index (χ2v) is 10.7. The summed E-state index contributed by atoms with van der Waals surface area (Å²) in [6, 6.07) is 24.5. The third kappa shape index (κ3) is 5.47. The number of aromatic nitrogens is 5. The molecule has 0 fully saturated rings. The van der Waals surface area contributed by atoms with Crippen molar-refractivity contribution >= 4 is 28.0 Å². The molecule has 0 unspecified atom stereocenters. The second kappa shape index (κ2) is 11.0. The summed E-state index contributed by atoms with van der Waals surface area (Å²) in [6.07, 6.45) is 2.80. The number of nitrogens with zero attached hydrogens (tertiary/aromatic N) is 5. The molecular weight excluding hydrogens is 510 g/mol. The lowest BCUT2D eigenvalue weighted by Crippen LogP contribution is -2.27. The van der Waals surface area contributed by atoms with Crippen molar-refractivity contribution in [3.05, 3.63) is 96.2 Å². The second-order valence-electron chi connectivity index (χ2n) is 10.7. The maximum Gasteiger partial charge on any atom is 0.251 e. The largest absolute Gasteiger partial charge is 0.352 e. The van der Waals surface area contributed by atoms with Gasteiger partial charge in [0.05, 0.1) is 22.1 Å². The highest BCUT2D eigenvalue weighted by Gasteiger charge is 2.14. The van der Waals surface area contributed by atoms with Crippen LogP contribution in [0, 0.1) is 13.8 Å². The number of benzene rings is 3. The molecule has 3 heterocycles. The van der Waals surface area contributed by atoms with Gasteiger partial charge in [0.1, 0.15) is 17.5 Å². The van der Waals surface area contributed by atoms with Gasteiger partial charge in [-0.05, 0) is 106 Å². The number of pyridine rings is 1. The van der Waals surface area contributed by atoms with E-state index in [-0.39, 0.29) is 5.91 Å². The number of hydrogen-bond donors (Lipinski definition) is 2. The predicted octanol–water partition coefficient (Wildman–Crippen LogP) is 5.93. The van der Waals surface area contributed by atoms with Gasteiger partial charge >= 0.3 is 0 Å². The SMILES string of the molecule is Cc1nc2ccc(-c3cccc(-c4ccc(-n5c(C)nc6cc(C(=O)NCCCN(C)C)ccc65)nc4)c3)cc2[nH]1. The Morgan fingerprint density at radius 2 is 1.66 bits per heavy atom. The normalized spacial score (nSPS) is 11.5. The van der Waals surface area contributed by atoms with Crippen LogP contribution in [0.1, 0.15) is 28.4 Å². The highest BCUT2D eigenvalue weighted by atomic mass is 16.1. The first kappa shape index (κ1) is 26.4. The van der Waals surface area contributed by atoms with Crippen LogP contribution in [-0.4, -0.2) is 62.5 Å². The van der Waals surface area contributed by atoms with Gasteiger partial charge in [-0.15, -0.1) is 0 Å². The Morgan fingerprint density at radius 1 is 0.878 bits per heavy atom. The lowest BCUT2D eigenvalue weighted by atomic mass is 9.99. The number of amides is 1. The molecule has 8 heteroatoms. The van der Waals surface area contributed by atoms with Crippen LogP contribution in [0.2, 0.25) is 0 Å². The Labute approximate surface area is 239 Å². The highest BCUT2D eigenvalue weighted by molar-refractivity contribution is 5.97. The fourth-order valence-electron chi connectivity index (χ4n) is 5.21. The van der Waals surface area contributed by atoms with E-state index < -0.39 is 0 Å². The number of H-pyrrole nitrogens is 1. The number of imidazole rings is 2. The summed E-state index contributed by atoms with van der Waals surface area (Å²) in [4.78, 5) is 32.1. The Bertz CT molecular complexity index is 1860. The first-order valence-corrected chi connectivity index (χ1v) is 13.8. The third-order valence-corrected chi connectivity index (χ3v) is 7.26. The molecule has 0 saturated carbocycles. The van der Waals surface area contributed by atoms with E-state index in [0.29, 0.717) is 12.1 Å². The topological polar surface area (TPSA) is 91.7 Å². The Balaban J connectivity index is 1.23. The molecule has 0 radical (unpaired) electrons. The highest BCUT2D eigenvalue weighted by Crippen LogP contribution is 2.29. The minimum absolute atomic E-state index is 0.0813. The number of fused-ring (bicyclic) bond motifs is 2. The number of carbonyl (C=O) groups excluding carboxylic acids is 1. The number of rotatable bonds is 8. The summed E-state index contributed by atoms with van der Waals surface area (Å²) in [5.74, 6) is 2.43. The summed E-state index contributed by atoms with van der Waals surface area (Å²) < 4.78 is 2.02. The van der Waals surface area contributed by atoms with Crippen LogP contribution in [0.25, 0.3) is 50.1 Å². The summed E-state index contributed by atoms with van der Waals surface area (Å²) in [5, 5.41) is 3.00. The van der Waals surface area contributed by atoms with Crippen molar-refractivity contribution in [1.82, 2.24) is 34.7 Å². The fraction of sp³-hybridized carbons (Fsp3) is 0.212. The fourth-order valence-corrected chi connectivity index (χ4v) is 5.21. The number of aromatic amines is 1. The van der Waals surface area contributed by atoms with Gasteiger partial charge in [0.25, 0.3) is 5.91 Å². The van der Waals surface area contributed by atoms with E-state index in [1.54, 1.807) is 0 Å². The maximum atomic E-state index is 12.7. The quantitative estimate of drug-likeness (QED) is 0.232. The minimum Gasteiger partial charge on any atom is -0.352 e. The van der Waals surface area contributed by atoms with Crippen molar-refractivity contribution in [3.8, 4) is 28.1 Å². The molecule has 3 aromatic heterocycles. The molecule has 8 nitrogen and oxygen atoms in total.